The van der Waals surface area contributed by atoms with Crippen LogP contribution in [0.15, 0.2) is 60.8 Å². The summed E-state index contributed by atoms with van der Waals surface area (Å²) in [6.45, 7) is 7.40. The largest absolute Gasteiger partial charge is 0.449 e. The van der Waals surface area contributed by atoms with Crippen molar-refractivity contribution in [1.29, 1.82) is 0 Å². The Balaban J connectivity index is 1.51. The van der Waals surface area contributed by atoms with Gasteiger partial charge in [0, 0.05) is 49.8 Å². The van der Waals surface area contributed by atoms with Gasteiger partial charge in [0.25, 0.3) is 5.91 Å². The summed E-state index contributed by atoms with van der Waals surface area (Å²) in [5, 5.41) is 0.964. The lowest BCUT2D eigenvalue weighted by atomic mass is 10.1. The lowest BCUT2D eigenvalue weighted by Crippen LogP contribution is -2.37. The smallest absolute Gasteiger partial charge is 0.409 e. The van der Waals surface area contributed by atoms with Crippen LogP contribution in [0.2, 0.25) is 0 Å². The molecule has 32 heavy (non-hydrogen) atoms. The summed E-state index contributed by atoms with van der Waals surface area (Å²) in [7, 11) is 0. The summed E-state index contributed by atoms with van der Waals surface area (Å²) in [4.78, 5) is 29.4. The first-order valence-electron chi connectivity index (χ1n) is 11.4. The Morgan fingerprint density at radius 1 is 0.906 bits per heavy atom. The van der Waals surface area contributed by atoms with Crippen molar-refractivity contribution in [2.24, 2.45) is 5.92 Å². The molecule has 6 heteroatoms. The van der Waals surface area contributed by atoms with Crippen molar-refractivity contribution in [3.63, 3.8) is 0 Å². The van der Waals surface area contributed by atoms with Gasteiger partial charge in [-0.2, -0.15) is 0 Å². The molecule has 0 atom stereocenters. The zero-order valence-corrected chi connectivity index (χ0v) is 18.9. The van der Waals surface area contributed by atoms with Crippen molar-refractivity contribution in [1.82, 2.24) is 14.4 Å². The number of carbonyl (C=O) groups is 2. The number of ether oxygens (including phenoxy) is 1. The fraction of sp³-hybridized carbons (Fsp3) is 0.385. The minimum absolute atomic E-state index is 0.0189. The molecule has 2 amide bonds. The van der Waals surface area contributed by atoms with Crippen LogP contribution >= 0.6 is 0 Å². The Labute approximate surface area is 189 Å². The fourth-order valence-corrected chi connectivity index (χ4v) is 4.13. The Kier molecular flexibility index (Phi) is 6.78. The Bertz CT molecular complexity index is 1070. The first-order chi connectivity index (χ1) is 15.5. The maximum absolute atomic E-state index is 13.5. The fourth-order valence-electron chi connectivity index (χ4n) is 4.13. The van der Waals surface area contributed by atoms with E-state index in [9.17, 15) is 9.59 Å². The minimum Gasteiger partial charge on any atom is -0.449 e. The Morgan fingerprint density at radius 3 is 2.38 bits per heavy atom. The molecule has 0 aliphatic carbocycles. The van der Waals surface area contributed by atoms with E-state index < -0.39 is 0 Å². The van der Waals surface area contributed by atoms with Crippen molar-refractivity contribution in [3.8, 4) is 0 Å². The van der Waals surface area contributed by atoms with Crippen molar-refractivity contribution >= 4 is 22.9 Å². The van der Waals surface area contributed by atoms with Crippen molar-refractivity contribution in [2.75, 3.05) is 32.8 Å². The Hall–Kier alpha value is -3.28. The highest BCUT2D eigenvalue weighted by atomic mass is 16.6. The van der Waals surface area contributed by atoms with E-state index in [1.807, 2.05) is 61.3 Å². The molecule has 2 heterocycles. The molecular formula is C26H31N3O3. The summed E-state index contributed by atoms with van der Waals surface area (Å²) >= 11 is 0. The topological polar surface area (TPSA) is 54.8 Å². The van der Waals surface area contributed by atoms with Crippen LogP contribution in [-0.2, 0) is 11.3 Å². The third-order valence-electron chi connectivity index (χ3n) is 5.80. The van der Waals surface area contributed by atoms with Crippen LogP contribution in [0.5, 0.6) is 0 Å². The minimum atomic E-state index is -0.285. The second kappa shape index (κ2) is 9.90. The van der Waals surface area contributed by atoms with Gasteiger partial charge in [-0.1, -0.05) is 62.4 Å². The van der Waals surface area contributed by atoms with E-state index in [-0.39, 0.29) is 12.0 Å². The van der Waals surface area contributed by atoms with Crippen LogP contribution in [0.25, 0.3) is 10.9 Å². The Morgan fingerprint density at radius 2 is 1.59 bits per heavy atom. The van der Waals surface area contributed by atoms with Gasteiger partial charge in [-0.05, 0) is 24.0 Å². The molecule has 0 saturated carbocycles. The van der Waals surface area contributed by atoms with Crippen molar-refractivity contribution in [3.05, 3.63) is 71.9 Å². The number of para-hydroxylation sites is 1. The van der Waals surface area contributed by atoms with E-state index in [0.29, 0.717) is 50.8 Å². The van der Waals surface area contributed by atoms with Gasteiger partial charge in [-0.3, -0.25) is 4.79 Å². The SMILES string of the molecule is CC(C)COC(=O)N1CCCN(C(=O)c2cn(Cc3ccccc3)c3ccccc23)CC1. The summed E-state index contributed by atoms with van der Waals surface area (Å²) in [6.07, 6.45) is 2.43. The number of aromatic nitrogens is 1. The van der Waals surface area contributed by atoms with E-state index in [0.717, 1.165) is 17.3 Å². The first-order valence-corrected chi connectivity index (χ1v) is 11.4. The average Bonchev–Trinajstić information content (AvgIpc) is 2.98. The molecule has 168 valence electrons. The molecule has 2 aromatic carbocycles. The van der Waals surface area contributed by atoms with Gasteiger partial charge in [-0.25, -0.2) is 4.79 Å². The average molecular weight is 434 g/mol. The molecule has 0 radical (unpaired) electrons. The van der Waals surface area contributed by atoms with Gasteiger partial charge in [0.05, 0.1) is 12.2 Å². The van der Waals surface area contributed by atoms with E-state index in [4.69, 9.17) is 4.74 Å². The molecule has 0 unspecified atom stereocenters. The van der Waals surface area contributed by atoms with Crippen molar-refractivity contribution in [2.45, 2.75) is 26.8 Å². The van der Waals surface area contributed by atoms with Gasteiger partial charge in [0.1, 0.15) is 0 Å². The first kappa shape index (κ1) is 21.9. The van der Waals surface area contributed by atoms with Gasteiger partial charge in [0.15, 0.2) is 0 Å². The highest BCUT2D eigenvalue weighted by Gasteiger charge is 2.25. The van der Waals surface area contributed by atoms with Gasteiger partial charge in [0.2, 0.25) is 0 Å². The lowest BCUT2D eigenvalue weighted by Gasteiger charge is -2.22. The predicted octanol–water partition coefficient (Wildman–Crippen LogP) is 4.63. The molecule has 1 aliphatic rings. The molecule has 0 N–H and O–H groups in total. The number of fused-ring (bicyclic) bond motifs is 1. The van der Waals surface area contributed by atoms with E-state index in [1.165, 1.54) is 5.56 Å². The maximum atomic E-state index is 13.5. The molecule has 1 aliphatic heterocycles. The number of rotatable bonds is 5. The third kappa shape index (κ3) is 4.96. The van der Waals surface area contributed by atoms with Crippen LogP contribution in [-0.4, -0.2) is 59.2 Å². The number of benzene rings is 2. The molecule has 0 spiro atoms. The highest BCUT2D eigenvalue weighted by Crippen LogP contribution is 2.24. The number of hydrogen-bond donors (Lipinski definition) is 0. The second-order valence-corrected chi connectivity index (χ2v) is 8.78. The van der Waals surface area contributed by atoms with Gasteiger partial charge < -0.3 is 19.1 Å². The second-order valence-electron chi connectivity index (χ2n) is 8.78. The van der Waals surface area contributed by atoms with Crippen molar-refractivity contribution < 1.29 is 14.3 Å². The quantitative estimate of drug-likeness (QED) is 0.590. The van der Waals surface area contributed by atoms with Gasteiger partial charge >= 0.3 is 6.09 Å². The van der Waals surface area contributed by atoms with Crippen LogP contribution in [0.3, 0.4) is 0 Å². The number of carbonyl (C=O) groups excluding carboxylic acids is 2. The summed E-state index contributed by atoms with van der Waals surface area (Å²) in [5.74, 6) is 0.322. The summed E-state index contributed by atoms with van der Waals surface area (Å²) in [6, 6.07) is 18.3. The maximum Gasteiger partial charge on any atom is 0.409 e. The van der Waals surface area contributed by atoms with Crippen LogP contribution in [0, 0.1) is 5.92 Å². The van der Waals surface area contributed by atoms with Crippen LogP contribution in [0.4, 0.5) is 4.79 Å². The van der Waals surface area contributed by atoms with E-state index in [1.54, 1.807) is 4.90 Å². The summed E-state index contributed by atoms with van der Waals surface area (Å²) in [5.41, 5.74) is 2.96. The molecule has 1 aromatic heterocycles. The number of hydrogen-bond acceptors (Lipinski definition) is 3. The molecule has 1 fully saturated rings. The monoisotopic (exact) mass is 433 g/mol. The lowest BCUT2D eigenvalue weighted by molar-refractivity contribution is 0.0748. The molecule has 6 nitrogen and oxygen atoms in total. The molecule has 0 bridgehead atoms. The number of amides is 2. The standard InChI is InChI=1S/C26H31N3O3/c1-20(2)19-32-26(31)28-14-8-13-27(15-16-28)25(30)23-18-29(17-21-9-4-3-5-10-21)24-12-7-6-11-22(23)24/h3-7,9-12,18,20H,8,13-17,19H2,1-2H3. The third-order valence-corrected chi connectivity index (χ3v) is 5.80. The zero-order chi connectivity index (χ0) is 22.5. The van der Waals surface area contributed by atoms with Gasteiger partial charge in [-0.15, -0.1) is 0 Å². The molecule has 1 saturated heterocycles. The molecule has 3 aromatic rings. The van der Waals surface area contributed by atoms with Crippen LogP contribution in [0.1, 0.15) is 36.2 Å². The van der Waals surface area contributed by atoms with Crippen LogP contribution < -0.4 is 0 Å². The van der Waals surface area contributed by atoms with E-state index in [2.05, 4.69) is 22.8 Å². The molecule has 4 rings (SSSR count). The normalized spacial score (nSPS) is 14.6. The predicted molar refractivity (Wildman–Crippen MR) is 126 cm³/mol. The zero-order valence-electron chi connectivity index (χ0n) is 18.9. The number of nitrogens with zero attached hydrogens (tertiary/aromatic N) is 3. The summed E-state index contributed by atoms with van der Waals surface area (Å²) < 4.78 is 7.52. The molecular weight excluding hydrogens is 402 g/mol. The van der Waals surface area contributed by atoms with E-state index >= 15 is 0 Å². The highest BCUT2D eigenvalue weighted by molar-refractivity contribution is 6.07.